The third kappa shape index (κ3) is 7.38. The fourth-order valence-electron chi connectivity index (χ4n) is 4.17. The maximum atomic E-state index is 12.9. The second-order valence-corrected chi connectivity index (χ2v) is 12.4. The number of nitrogens with one attached hydrogen (secondary N) is 2. The van der Waals surface area contributed by atoms with Gasteiger partial charge in [-0.2, -0.15) is 21.6 Å². The number of anilines is 1. The largest absolute Gasteiger partial charge is 0.417 e. The average molecular weight is 576 g/mol. The van der Waals surface area contributed by atoms with Crippen molar-refractivity contribution in [2.24, 2.45) is 16.0 Å². The first kappa shape index (κ1) is 29.2. The van der Waals surface area contributed by atoms with E-state index in [-0.39, 0.29) is 37.3 Å². The van der Waals surface area contributed by atoms with E-state index in [0.717, 1.165) is 61.7 Å². The van der Waals surface area contributed by atoms with Gasteiger partial charge in [0.25, 0.3) is 10.0 Å². The summed E-state index contributed by atoms with van der Waals surface area (Å²) in [4.78, 5) is 3.85. The Morgan fingerprint density at radius 2 is 1.86 bits per heavy atom. The fourth-order valence-corrected chi connectivity index (χ4v) is 6.13. The molecule has 0 bridgehead atoms. The maximum absolute atomic E-state index is 12.9. The number of alkyl halides is 3. The lowest BCUT2D eigenvalue weighted by atomic mass is 9.69. The predicted molar refractivity (Wildman–Crippen MR) is 143 cm³/mol. The smallest absolute Gasteiger partial charge is 0.377 e. The molecular formula is C24H29ClF3N5O2S2. The van der Waals surface area contributed by atoms with Crippen molar-refractivity contribution >= 4 is 49.4 Å². The van der Waals surface area contributed by atoms with Gasteiger partial charge in [0.2, 0.25) is 0 Å². The van der Waals surface area contributed by atoms with Crippen LogP contribution in [0.4, 0.5) is 19.0 Å². The number of hydrogen-bond donors (Lipinski definition) is 3. The molecule has 0 spiro atoms. The summed E-state index contributed by atoms with van der Waals surface area (Å²) in [6.45, 7) is 3.97. The van der Waals surface area contributed by atoms with Crippen LogP contribution in [0.3, 0.4) is 0 Å². The van der Waals surface area contributed by atoms with E-state index in [1.165, 1.54) is 12.1 Å². The van der Waals surface area contributed by atoms with Gasteiger partial charge in [-0.15, -0.1) is 4.40 Å². The van der Waals surface area contributed by atoms with Crippen molar-refractivity contribution in [3.8, 4) is 0 Å². The van der Waals surface area contributed by atoms with Crippen LogP contribution >= 0.6 is 23.4 Å². The Hall–Kier alpha value is -2.31. The zero-order chi connectivity index (χ0) is 27.4. The van der Waals surface area contributed by atoms with Crippen molar-refractivity contribution in [2.75, 3.05) is 11.9 Å². The van der Waals surface area contributed by atoms with Crippen LogP contribution < -0.4 is 11.1 Å². The molecule has 1 heterocycles. The molecule has 2 aromatic rings. The number of halogens is 4. The number of amidine groups is 1. The molecule has 0 atom stereocenters. The van der Waals surface area contributed by atoms with Gasteiger partial charge in [-0.3, -0.25) is 5.41 Å². The highest BCUT2D eigenvalue weighted by molar-refractivity contribution is 8.26. The minimum Gasteiger partial charge on any atom is -0.377 e. The van der Waals surface area contributed by atoms with Crippen molar-refractivity contribution in [3.05, 3.63) is 52.7 Å². The molecule has 3 rings (SSSR count). The van der Waals surface area contributed by atoms with Gasteiger partial charge in [-0.05, 0) is 48.4 Å². The molecule has 1 saturated carbocycles. The number of nitrogens with zero attached hydrogens (tertiary/aromatic N) is 2. The Morgan fingerprint density at radius 1 is 1.24 bits per heavy atom. The Balaban J connectivity index is 1.82. The first-order valence-corrected chi connectivity index (χ1v) is 14.3. The summed E-state index contributed by atoms with van der Waals surface area (Å²) in [6, 6.07) is 7.25. The van der Waals surface area contributed by atoms with Crippen molar-refractivity contribution < 1.29 is 21.6 Å². The molecule has 0 radical (unpaired) electrons. The molecule has 4 N–H and O–H groups in total. The number of rotatable bonds is 7. The van der Waals surface area contributed by atoms with Crippen LogP contribution in [0, 0.1) is 11.3 Å². The Morgan fingerprint density at radius 3 is 2.41 bits per heavy atom. The van der Waals surface area contributed by atoms with E-state index in [1.54, 1.807) is 26.0 Å². The lowest BCUT2D eigenvalue weighted by molar-refractivity contribution is -0.137. The minimum absolute atomic E-state index is 0.0257. The molecule has 0 unspecified atom stereocenters. The van der Waals surface area contributed by atoms with E-state index in [1.807, 2.05) is 0 Å². The van der Waals surface area contributed by atoms with Crippen LogP contribution in [0.5, 0.6) is 0 Å². The number of thioether (sulfide) groups is 1. The Labute approximate surface area is 224 Å². The molecule has 1 aliphatic carbocycles. The van der Waals surface area contributed by atoms with Crippen LogP contribution in [-0.4, -0.2) is 30.2 Å². The number of benzene rings is 1. The topological polar surface area (TPSA) is 121 Å². The van der Waals surface area contributed by atoms with Crippen molar-refractivity contribution in [1.82, 2.24) is 4.98 Å². The van der Waals surface area contributed by atoms with Crippen LogP contribution in [0.25, 0.3) is 0 Å². The van der Waals surface area contributed by atoms with Crippen LogP contribution in [-0.2, 0) is 21.6 Å². The van der Waals surface area contributed by atoms with Gasteiger partial charge in [0.1, 0.15) is 5.82 Å². The van der Waals surface area contributed by atoms with Crippen LogP contribution in [0.15, 0.2) is 45.8 Å². The first-order chi connectivity index (χ1) is 17.2. The summed E-state index contributed by atoms with van der Waals surface area (Å²) in [7, 11) is -4.06. The number of nitrogens with two attached hydrogens (primary N) is 1. The summed E-state index contributed by atoms with van der Waals surface area (Å²) in [5.41, 5.74) is 5.35. The van der Waals surface area contributed by atoms with Crippen molar-refractivity contribution in [2.45, 2.75) is 62.4 Å². The molecule has 202 valence electrons. The predicted octanol–water partition coefficient (Wildman–Crippen LogP) is 6.44. The van der Waals surface area contributed by atoms with Gasteiger partial charge in [-0.25, -0.2) is 4.98 Å². The lowest BCUT2D eigenvalue weighted by Crippen LogP contribution is -2.36. The summed E-state index contributed by atoms with van der Waals surface area (Å²) in [6.07, 6.45) is 0.794. The Kier molecular flexibility index (Phi) is 9.18. The normalized spacial score (nSPS) is 16.6. The zero-order valence-corrected chi connectivity index (χ0v) is 22.8. The fraction of sp³-hybridized carbons (Fsp3) is 0.458. The third-order valence-corrected chi connectivity index (χ3v) is 8.99. The molecular weight excluding hydrogens is 547 g/mol. The molecule has 0 saturated heterocycles. The SMILES string of the molecule is CC(C)C(=N)SC(N)=NS(=O)(=O)c1ccc(C2(CNc3ncc(C(F)(F)F)cc3Cl)CCCCC2)cc1. The molecule has 1 aliphatic rings. The second-order valence-electron chi connectivity index (χ2n) is 9.30. The standard InChI is InChI=1S/C24H29ClF3N5O2S2/c1-15(2)20(29)36-22(30)33-37(34,35)18-8-6-16(7-9-18)23(10-4-3-5-11-23)14-32-21-19(25)12-17(13-31-21)24(26,27)28/h6-9,12-13,15,29H,3-5,10-11,14H2,1-2H3,(H2,30,33)(H,31,32). The van der Waals surface area contributed by atoms with E-state index in [4.69, 9.17) is 22.7 Å². The van der Waals surface area contributed by atoms with Gasteiger partial charge in [0.15, 0.2) is 5.17 Å². The minimum atomic E-state index is -4.54. The van der Waals surface area contributed by atoms with Crippen LogP contribution in [0.2, 0.25) is 5.02 Å². The van der Waals surface area contributed by atoms with Crippen LogP contribution in [0.1, 0.15) is 57.1 Å². The van der Waals surface area contributed by atoms with Gasteiger partial charge in [-0.1, -0.05) is 56.8 Å². The molecule has 1 aromatic heterocycles. The van der Waals surface area contributed by atoms with E-state index < -0.39 is 21.8 Å². The quantitative estimate of drug-likeness (QED) is 0.258. The number of aromatic nitrogens is 1. The molecule has 0 aliphatic heterocycles. The number of pyridine rings is 1. The number of sulfonamides is 1. The second kappa shape index (κ2) is 11.6. The monoisotopic (exact) mass is 575 g/mol. The molecule has 1 fully saturated rings. The van der Waals surface area contributed by atoms with E-state index in [0.29, 0.717) is 6.54 Å². The molecule has 1 aromatic carbocycles. The number of hydrogen-bond acceptors (Lipinski definition) is 6. The highest BCUT2D eigenvalue weighted by Gasteiger charge is 2.35. The molecule has 7 nitrogen and oxygen atoms in total. The maximum Gasteiger partial charge on any atom is 0.417 e. The summed E-state index contributed by atoms with van der Waals surface area (Å²) >= 11 is 6.88. The van der Waals surface area contributed by atoms with Gasteiger partial charge < -0.3 is 11.1 Å². The zero-order valence-electron chi connectivity index (χ0n) is 20.4. The highest BCUT2D eigenvalue weighted by atomic mass is 35.5. The summed E-state index contributed by atoms with van der Waals surface area (Å²) in [5.74, 6) is 0.0572. The van der Waals surface area contributed by atoms with Gasteiger partial charge in [0, 0.05) is 24.1 Å². The summed E-state index contributed by atoms with van der Waals surface area (Å²) < 4.78 is 68.0. The van der Waals surface area contributed by atoms with E-state index in [9.17, 15) is 21.6 Å². The summed E-state index contributed by atoms with van der Waals surface area (Å²) in [5, 5.41) is 10.8. The average Bonchev–Trinajstić information content (AvgIpc) is 2.83. The molecule has 37 heavy (non-hydrogen) atoms. The molecule has 13 heteroatoms. The van der Waals surface area contributed by atoms with E-state index in [2.05, 4.69) is 14.7 Å². The van der Waals surface area contributed by atoms with Crippen molar-refractivity contribution in [1.29, 1.82) is 5.41 Å². The third-order valence-electron chi connectivity index (χ3n) is 6.29. The first-order valence-electron chi connectivity index (χ1n) is 11.7. The lowest BCUT2D eigenvalue weighted by Gasteiger charge is -2.38. The van der Waals surface area contributed by atoms with Gasteiger partial charge in [0.05, 0.1) is 20.5 Å². The van der Waals surface area contributed by atoms with E-state index >= 15 is 0 Å². The van der Waals surface area contributed by atoms with Gasteiger partial charge >= 0.3 is 6.18 Å². The highest BCUT2D eigenvalue weighted by Crippen LogP contribution is 2.41. The van der Waals surface area contributed by atoms with Crippen molar-refractivity contribution in [3.63, 3.8) is 0 Å². The Bertz CT molecular complexity index is 1260. The molecule has 0 amide bonds.